The Balaban J connectivity index is 1.86. The first-order valence-electron chi connectivity index (χ1n) is 9.99. The zero-order valence-electron chi connectivity index (χ0n) is 17.2. The van der Waals surface area contributed by atoms with Crippen molar-refractivity contribution >= 4 is 40.4 Å². The molecule has 1 aromatic heterocycles. The molecule has 0 bridgehead atoms. The van der Waals surface area contributed by atoms with Crippen LogP contribution in [0.15, 0.2) is 66.5 Å². The fourth-order valence-electron chi connectivity index (χ4n) is 3.36. The molecule has 2 aromatic carbocycles. The normalized spacial score (nSPS) is 16.5. The van der Waals surface area contributed by atoms with Crippen molar-refractivity contribution < 1.29 is 19.1 Å². The summed E-state index contributed by atoms with van der Waals surface area (Å²) < 4.78 is 6.07. The number of carbonyl (C=O) groups is 3. The van der Waals surface area contributed by atoms with Gasteiger partial charge in [-0.3, -0.25) is 19.9 Å². The molecule has 0 saturated carbocycles. The van der Waals surface area contributed by atoms with Gasteiger partial charge in [0.05, 0.1) is 11.8 Å². The molecule has 0 spiro atoms. The van der Waals surface area contributed by atoms with Gasteiger partial charge in [-0.05, 0) is 48.4 Å². The average Bonchev–Trinajstić information content (AvgIpc) is 2.78. The third kappa shape index (κ3) is 3.90. The number of benzene rings is 2. The third-order valence-corrected chi connectivity index (χ3v) is 5.15. The highest BCUT2D eigenvalue weighted by Crippen LogP contribution is 2.32. The van der Waals surface area contributed by atoms with E-state index in [1.807, 2.05) is 50.2 Å². The zero-order chi connectivity index (χ0) is 22.0. The molecule has 1 atom stereocenters. The van der Waals surface area contributed by atoms with Gasteiger partial charge in [0.1, 0.15) is 11.3 Å². The number of aromatic nitrogens is 1. The highest BCUT2D eigenvalue weighted by Gasteiger charge is 2.37. The number of nitrogens with one attached hydrogen (secondary N) is 1. The van der Waals surface area contributed by atoms with Crippen molar-refractivity contribution in [2.75, 3.05) is 4.90 Å². The number of nitrogens with zero attached hydrogens (tertiary/aromatic N) is 2. The smallest absolute Gasteiger partial charge is 0.335 e. The number of amides is 4. The van der Waals surface area contributed by atoms with Crippen LogP contribution in [0.3, 0.4) is 0 Å². The summed E-state index contributed by atoms with van der Waals surface area (Å²) >= 11 is 0. The fraction of sp³-hybridized carbons (Fsp3) is 0.167. The minimum absolute atomic E-state index is 0.0518. The van der Waals surface area contributed by atoms with E-state index in [0.29, 0.717) is 17.0 Å². The van der Waals surface area contributed by atoms with E-state index >= 15 is 0 Å². The molecule has 31 heavy (non-hydrogen) atoms. The molecule has 7 nitrogen and oxygen atoms in total. The highest BCUT2D eigenvalue weighted by molar-refractivity contribution is 6.39. The summed E-state index contributed by atoms with van der Waals surface area (Å²) in [5, 5.41) is 4.02. The maximum absolute atomic E-state index is 13.2. The summed E-state index contributed by atoms with van der Waals surface area (Å²) in [7, 11) is 0. The van der Waals surface area contributed by atoms with Gasteiger partial charge in [-0.2, -0.15) is 0 Å². The van der Waals surface area contributed by atoms with Crippen LogP contribution in [0.25, 0.3) is 16.8 Å². The molecule has 3 aromatic rings. The van der Waals surface area contributed by atoms with Gasteiger partial charge in [0.15, 0.2) is 0 Å². The predicted octanol–water partition coefficient (Wildman–Crippen LogP) is 4.08. The number of urea groups is 1. The lowest BCUT2D eigenvalue weighted by molar-refractivity contribution is -0.122. The quantitative estimate of drug-likeness (QED) is 0.501. The predicted molar refractivity (Wildman–Crippen MR) is 118 cm³/mol. The average molecular weight is 415 g/mol. The van der Waals surface area contributed by atoms with Crippen LogP contribution in [-0.4, -0.2) is 28.9 Å². The third-order valence-electron chi connectivity index (χ3n) is 5.15. The maximum Gasteiger partial charge on any atom is 0.335 e. The van der Waals surface area contributed by atoms with Crippen LogP contribution in [0, 0.1) is 0 Å². The van der Waals surface area contributed by atoms with Crippen molar-refractivity contribution in [1.29, 1.82) is 0 Å². The molecule has 156 valence electrons. The first-order valence-corrected chi connectivity index (χ1v) is 9.99. The number of hydrogen-bond acceptors (Lipinski definition) is 5. The number of barbiturate groups is 1. The van der Waals surface area contributed by atoms with E-state index in [1.165, 1.54) is 30.6 Å². The molecular formula is C24H21N3O4. The van der Waals surface area contributed by atoms with Gasteiger partial charge in [0.2, 0.25) is 0 Å². The molecule has 4 rings (SSSR count). The Bertz CT molecular complexity index is 1200. The van der Waals surface area contributed by atoms with Crippen molar-refractivity contribution in [2.24, 2.45) is 0 Å². The van der Waals surface area contributed by atoms with E-state index in [4.69, 9.17) is 4.74 Å². The molecule has 4 amide bonds. The van der Waals surface area contributed by atoms with Gasteiger partial charge in [0, 0.05) is 18.0 Å². The Morgan fingerprint density at radius 3 is 2.55 bits per heavy atom. The first kappa shape index (κ1) is 20.3. The van der Waals surface area contributed by atoms with E-state index < -0.39 is 17.8 Å². The van der Waals surface area contributed by atoms with Crippen molar-refractivity contribution in [2.45, 2.75) is 26.4 Å². The Morgan fingerprint density at radius 2 is 1.81 bits per heavy atom. The summed E-state index contributed by atoms with van der Waals surface area (Å²) in [6.07, 6.45) is 5.19. The number of carbonyl (C=O) groups excluding carboxylic acids is 3. The summed E-state index contributed by atoms with van der Waals surface area (Å²) in [5.41, 5.74) is 0.785. The van der Waals surface area contributed by atoms with E-state index in [-0.39, 0.29) is 11.7 Å². The van der Waals surface area contributed by atoms with Crippen LogP contribution >= 0.6 is 0 Å². The second kappa shape index (κ2) is 8.39. The molecule has 1 aliphatic rings. The van der Waals surface area contributed by atoms with E-state index in [1.54, 1.807) is 0 Å². The minimum atomic E-state index is -0.799. The second-order valence-electron chi connectivity index (χ2n) is 7.20. The van der Waals surface area contributed by atoms with Gasteiger partial charge in [-0.1, -0.05) is 37.3 Å². The summed E-state index contributed by atoms with van der Waals surface area (Å²) in [5.74, 6) is -0.890. The van der Waals surface area contributed by atoms with Crippen molar-refractivity contribution in [3.05, 3.63) is 72.1 Å². The lowest BCUT2D eigenvalue weighted by Crippen LogP contribution is -2.54. The van der Waals surface area contributed by atoms with E-state index in [2.05, 4.69) is 10.3 Å². The summed E-state index contributed by atoms with van der Waals surface area (Å²) in [6.45, 7) is 3.97. The highest BCUT2D eigenvalue weighted by atomic mass is 16.5. The van der Waals surface area contributed by atoms with Crippen molar-refractivity contribution in [3.63, 3.8) is 0 Å². The van der Waals surface area contributed by atoms with E-state index in [0.717, 1.165) is 22.1 Å². The molecule has 0 unspecified atom stereocenters. The largest absolute Gasteiger partial charge is 0.490 e. The second-order valence-corrected chi connectivity index (χ2v) is 7.20. The molecule has 0 radical (unpaired) electrons. The SMILES string of the molecule is CC[C@H](C)Oc1ccc2ccccc2c1/C=C1\C(=O)NC(=O)N(c2ccncc2)C1=O. The van der Waals surface area contributed by atoms with Crippen LogP contribution in [0.2, 0.25) is 0 Å². The molecule has 1 aliphatic heterocycles. The Kier molecular flexibility index (Phi) is 5.49. The molecule has 1 saturated heterocycles. The molecule has 0 aliphatic carbocycles. The lowest BCUT2D eigenvalue weighted by atomic mass is 9.99. The van der Waals surface area contributed by atoms with E-state index in [9.17, 15) is 14.4 Å². The van der Waals surface area contributed by atoms with Crippen LogP contribution < -0.4 is 15.0 Å². The number of ether oxygens (including phenoxy) is 1. The standard InChI is InChI=1S/C24H21N3O4/c1-3-15(2)31-21-9-8-16-6-4-5-7-18(16)19(21)14-20-22(28)26-24(30)27(23(20)29)17-10-12-25-13-11-17/h4-15H,3H2,1-2H3,(H,26,28,30)/b20-14+/t15-/m0/s1. The van der Waals surface area contributed by atoms with Crippen LogP contribution in [0.5, 0.6) is 5.75 Å². The topological polar surface area (TPSA) is 88.6 Å². The zero-order valence-corrected chi connectivity index (χ0v) is 17.2. The minimum Gasteiger partial charge on any atom is -0.490 e. The van der Waals surface area contributed by atoms with Gasteiger partial charge in [-0.25, -0.2) is 9.69 Å². The molecule has 7 heteroatoms. The maximum atomic E-state index is 13.2. The monoisotopic (exact) mass is 415 g/mol. The fourth-order valence-corrected chi connectivity index (χ4v) is 3.36. The van der Waals surface area contributed by atoms with Crippen LogP contribution in [0.4, 0.5) is 10.5 Å². The Morgan fingerprint density at radius 1 is 1.06 bits per heavy atom. The number of anilines is 1. The molecule has 1 fully saturated rings. The first-order chi connectivity index (χ1) is 15.0. The van der Waals surface area contributed by atoms with Crippen molar-refractivity contribution in [3.8, 4) is 5.75 Å². The van der Waals surface area contributed by atoms with Gasteiger partial charge >= 0.3 is 6.03 Å². The number of pyridine rings is 1. The number of hydrogen-bond donors (Lipinski definition) is 1. The van der Waals surface area contributed by atoms with Crippen LogP contribution in [0.1, 0.15) is 25.8 Å². The van der Waals surface area contributed by atoms with Gasteiger partial charge in [0.25, 0.3) is 11.8 Å². The Hall–Kier alpha value is -4.00. The summed E-state index contributed by atoms with van der Waals surface area (Å²) in [6, 6.07) is 13.7. The number of rotatable bonds is 5. The number of fused-ring (bicyclic) bond motifs is 1. The Labute approximate surface area is 179 Å². The molecular weight excluding hydrogens is 394 g/mol. The van der Waals surface area contributed by atoms with Gasteiger partial charge in [-0.15, -0.1) is 0 Å². The van der Waals surface area contributed by atoms with Crippen LogP contribution in [-0.2, 0) is 9.59 Å². The van der Waals surface area contributed by atoms with Gasteiger partial charge < -0.3 is 4.74 Å². The molecule has 2 heterocycles. The summed E-state index contributed by atoms with van der Waals surface area (Å²) in [4.78, 5) is 43.0. The lowest BCUT2D eigenvalue weighted by Gasteiger charge is -2.26. The molecule has 1 N–H and O–H groups in total. The van der Waals surface area contributed by atoms with Crippen molar-refractivity contribution in [1.82, 2.24) is 10.3 Å². The number of imide groups is 2.